The Morgan fingerprint density at radius 3 is 2.67 bits per heavy atom. The first-order valence-corrected chi connectivity index (χ1v) is 3.91. The summed E-state index contributed by atoms with van der Waals surface area (Å²) >= 11 is 1.64. The van der Waals surface area contributed by atoms with E-state index in [-0.39, 0.29) is 5.56 Å². The summed E-state index contributed by atoms with van der Waals surface area (Å²) < 4.78 is 4.83. The maximum Gasteiger partial charge on any atom is 0.376 e. The molecule has 5 heteroatoms. The van der Waals surface area contributed by atoms with Gasteiger partial charge in [-0.2, -0.15) is 5.26 Å². The van der Waals surface area contributed by atoms with Gasteiger partial charge >= 0.3 is 5.97 Å². The second kappa shape index (κ2) is 4.27. The van der Waals surface area contributed by atoms with E-state index in [1.165, 1.54) is 6.07 Å². The number of benzene rings is 1. The van der Waals surface area contributed by atoms with Crippen molar-refractivity contribution in [2.75, 3.05) is 0 Å². The van der Waals surface area contributed by atoms with Crippen LogP contribution in [0.1, 0.15) is 10.4 Å². The van der Waals surface area contributed by atoms with Gasteiger partial charge in [0.2, 0.25) is 0 Å². The molecule has 64 valence electrons. The van der Waals surface area contributed by atoms with E-state index in [0.29, 0.717) is 5.75 Å². The molecule has 4 nitrogen and oxygen atoms in total. The van der Waals surface area contributed by atoms with E-state index in [9.17, 15) is 4.79 Å². The van der Waals surface area contributed by atoms with Gasteiger partial charge in [-0.25, -0.2) is 4.79 Å². The van der Waals surface area contributed by atoms with Crippen LogP contribution in [0.25, 0.3) is 0 Å². The smallest absolute Gasteiger partial charge is 0.376 e. The molecule has 12 heavy (non-hydrogen) atoms. The van der Waals surface area contributed by atoms with E-state index in [4.69, 9.17) is 8.32 Å². The molecule has 0 fully saturated rings. The highest BCUT2D eigenvalue weighted by molar-refractivity contribution is 14.1. The van der Waals surface area contributed by atoms with E-state index < -0.39 is 5.97 Å². The molecule has 0 radical (unpaired) electrons. The van der Waals surface area contributed by atoms with Crippen molar-refractivity contribution in [1.29, 1.82) is 0 Å². The van der Waals surface area contributed by atoms with Crippen LogP contribution < -0.4 is 3.07 Å². The summed E-state index contributed by atoms with van der Waals surface area (Å²) in [5, 5.41) is 8.10. The topological polar surface area (TPSA) is 55.8 Å². The van der Waals surface area contributed by atoms with Crippen molar-refractivity contribution in [2.45, 2.75) is 0 Å². The molecule has 0 bridgehead atoms. The Morgan fingerprint density at radius 2 is 2.08 bits per heavy atom. The zero-order valence-corrected chi connectivity index (χ0v) is 8.02. The van der Waals surface area contributed by atoms with Crippen molar-refractivity contribution < 1.29 is 18.0 Å². The van der Waals surface area contributed by atoms with E-state index >= 15 is 0 Å². The first kappa shape index (κ1) is 9.27. The number of carbonyl (C=O) groups excluding carboxylic acids is 1. The molecular formula is C7H5IO4. The number of carbonyl (C=O) groups is 1. The molecule has 0 atom stereocenters. The summed E-state index contributed by atoms with van der Waals surface area (Å²) in [5.41, 5.74) is 0.189. The highest BCUT2D eigenvalue weighted by Crippen LogP contribution is 2.20. The normalized spacial score (nSPS) is 9.17. The fourth-order valence-electron chi connectivity index (χ4n) is 0.752. The molecule has 0 aliphatic rings. The lowest BCUT2D eigenvalue weighted by Gasteiger charge is -2.01. The van der Waals surface area contributed by atoms with Gasteiger partial charge in [0, 0.05) is 0 Å². The lowest BCUT2D eigenvalue weighted by molar-refractivity contribution is -0.182. The van der Waals surface area contributed by atoms with Gasteiger partial charge in [0.05, 0.1) is 0 Å². The number of para-hydroxylation sites is 1. The first-order chi connectivity index (χ1) is 5.79. The first-order valence-electron chi connectivity index (χ1n) is 3.03. The minimum atomic E-state index is -0.831. The molecule has 0 aliphatic carbocycles. The van der Waals surface area contributed by atoms with Crippen LogP contribution in [0, 0.1) is 0 Å². The van der Waals surface area contributed by atoms with Crippen molar-refractivity contribution in [3.05, 3.63) is 29.8 Å². The van der Waals surface area contributed by atoms with Gasteiger partial charge in [0.15, 0.2) is 23.0 Å². The second-order valence-electron chi connectivity index (χ2n) is 1.95. The van der Waals surface area contributed by atoms with Gasteiger partial charge in [-0.15, -0.1) is 0 Å². The molecule has 0 saturated heterocycles. The summed E-state index contributed by atoms with van der Waals surface area (Å²) in [5.74, 6) is -0.473. The number of hydrogen-bond acceptors (Lipinski definition) is 4. The van der Waals surface area contributed by atoms with E-state index in [1.54, 1.807) is 41.2 Å². The zero-order valence-electron chi connectivity index (χ0n) is 5.86. The fraction of sp³-hybridized carbons (Fsp3) is 0. The van der Waals surface area contributed by atoms with Gasteiger partial charge in [0.25, 0.3) is 0 Å². The van der Waals surface area contributed by atoms with Crippen LogP contribution >= 0.6 is 23.0 Å². The predicted octanol–water partition coefficient (Wildman–Crippen LogP) is 2.05. The largest absolute Gasteiger partial charge is 0.427 e. The van der Waals surface area contributed by atoms with E-state index in [2.05, 4.69) is 4.89 Å². The molecule has 0 amide bonds. The summed E-state index contributed by atoms with van der Waals surface area (Å²) in [7, 11) is 0. The average Bonchev–Trinajstić information content (AvgIpc) is 2.16. The Bertz CT molecular complexity index is 286. The highest BCUT2D eigenvalue weighted by Gasteiger charge is 2.12. The van der Waals surface area contributed by atoms with Crippen LogP contribution in [0.2, 0.25) is 0 Å². The van der Waals surface area contributed by atoms with Crippen molar-refractivity contribution in [3.8, 4) is 5.75 Å². The van der Waals surface area contributed by atoms with Gasteiger partial charge in [0.1, 0.15) is 11.3 Å². The molecule has 0 aliphatic heterocycles. The van der Waals surface area contributed by atoms with Crippen molar-refractivity contribution >= 4 is 29.0 Å². The fourth-order valence-corrected chi connectivity index (χ4v) is 1.14. The second-order valence-corrected chi connectivity index (χ2v) is 2.39. The van der Waals surface area contributed by atoms with Gasteiger partial charge in [-0.3, -0.25) is 4.89 Å². The molecular weight excluding hydrogens is 275 g/mol. The van der Waals surface area contributed by atoms with Crippen molar-refractivity contribution in [2.24, 2.45) is 0 Å². The third-order valence-electron chi connectivity index (χ3n) is 1.27. The lowest BCUT2D eigenvalue weighted by atomic mass is 10.2. The third kappa shape index (κ3) is 1.86. The summed E-state index contributed by atoms with van der Waals surface area (Å²) in [4.78, 5) is 14.4. The van der Waals surface area contributed by atoms with Crippen LogP contribution in [-0.2, 0) is 4.89 Å². The van der Waals surface area contributed by atoms with Crippen LogP contribution in [0.4, 0.5) is 0 Å². The number of rotatable bonds is 2. The summed E-state index contributed by atoms with van der Waals surface area (Å²) in [6.07, 6.45) is 0. The lowest BCUT2D eigenvalue weighted by Crippen LogP contribution is -2.02. The molecule has 0 unspecified atom stereocenters. The minimum absolute atomic E-state index is 0.189. The van der Waals surface area contributed by atoms with Crippen LogP contribution in [-0.4, -0.2) is 11.2 Å². The van der Waals surface area contributed by atoms with Gasteiger partial charge in [-0.05, 0) is 12.1 Å². The molecule has 1 aromatic rings. The maximum atomic E-state index is 10.8. The van der Waals surface area contributed by atoms with Crippen molar-refractivity contribution in [3.63, 3.8) is 0 Å². The van der Waals surface area contributed by atoms with Gasteiger partial charge < -0.3 is 3.07 Å². The number of halogens is 1. The van der Waals surface area contributed by atoms with E-state index in [1.807, 2.05) is 0 Å². The molecule has 0 spiro atoms. The average molecular weight is 280 g/mol. The minimum Gasteiger partial charge on any atom is -0.427 e. The molecule has 1 aromatic carbocycles. The predicted molar refractivity (Wildman–Crippen MR) is 49.1 cm³/mol. The summed E-state index contributed by atoms with van der Waals surface area (Å²) in [6, 6.07) is 6.44. The maximum absolute atomic E-state index is 10.8. The Labute approximate surface area is 82.7 Å². The Hall–Kier alpha value is -0.820. The molecule has 0 heterocycles. The zero-order chi connectivity index (χ0) is 8.97. The molecule has 0 aromatic heterocycles. The third-order valence-corrected chi connectivity index (χ3v) is 1.75. The quantitative estimate of drug-likeness (QED) is 0.511. The monoisotopic (exact) mass is 280 g/mol. The molecule has 1 rings (SSSR count). The Morgan fingerprint density at radius 1 is 1.42 bits per heavy atom. The van der Waals surface area contributed by atoms with E-state index in [0.717, 1.165) is 0 Å². The van der Waals surface area contributed by atoms with Gasteiger partial charge in [-0.1, -0.05) is 12.1 Å². The standard InChI is InChI=1S/C7H5IO4/c8-11-6-4-2-1-3-5(6)7(9)12-10/h1-4,10H. The SMILES string of the molecule is O=C(OO)c1ccccc1OI. The van der Waals surface area contributed by atoms with Crippen LogP contribution in [0.5, 0.6) is 5.75 Å². The molecule has 1 N–H and O–H groups in total. The molecule has 0 saturated carbocycles. The number of hydrogen-bond donors (Lipinski definition) is 1. The van der Waals surface area contributed by atoms with Crippen molar-refractivity contribution in [1.82, 2.24) is 0 Å². The highest BCUT2D eigenvalue weighted by atomic mass is 127. The van der Waals surface area contributed by atoms with Crippen LogP contribution in [0.15, 0.2) is 24.3 Å². The Balaban J connectivity index is 3.04. The summed E-state index contributed by atoms with van der Waals surface area (Å²) in [6.45, 7) is 0. The Kier molecular flexibility index (Phi) is 3.30. The van der Waals surface area contributed by atoms with Crippen LogP contribution in [0.3, 0.4) is 0 Å².